The molecule has 0 bridgehead atoms. The molecule has 5 heteroatoms. The maximum absolute atomic E-state index is 13.2. The van der Waals surface area contributed by atoms with Crippen molar-refractivity contribution in [2.75, 3.05) is 0 Å². The lowest BCUT2D eigenvalue weighted by molar-refractivity contribution is 0.0907. The molecule has 2 rings (SSSR count). The van der Waals surface area contributed by atoms with Gasteiger partial charge in [-0.15, -0.1) is 6.58 Å². The van der Waals surface area contributed by atoms with Gasteiger partial charge in [0.2, 0.25) is 0 Å². The van der Waals surface area contributed by atoms with Crippen LogP contribution >= 0.6 is 0 Å². The lowest BCUT2D eigenvalue weighted by Crippen LogP contribution is -2.33. The number of nitrogens with zero attached hydrogens (tertiary/aromatic N) is 3. The van der Waals surface area contributed by atoms with Crippen LogP contribution in [0.25, 0.3) is 10.4 Å². The Morgan fingerprint density at radius 3 is 3.00 bits per heavy atom. The number of ketones is 1. The summed E-state index contributed by atoms with van der Waals surface area (Å²) >= 11 is 0. The molecule has 0 aromatic heterocycles. The van der Waals surface area contributed by atoms with Crippen molar-refractivity contribution in [1.29, 1.82) is 0 Å². The van der Waals surface area contributed by atoms with Crippen LogP contribution in [0.3, 0.4) is 0 Å². The second-order valence-corrected chi connectivity index (χ2v) is 4.66. The Bertz CT molecular complexity index is 590. The van der Waals surface area contributed by atoms with Crippen molar-refractivity contribution >= 4 is 5.78 Å². The second kappa shape index (κ2) is 4.27. The lowest BCUT2D eigenvalue weighted by atomic mass is 9.88. The Labute approximate surface area is 104 Å². The molecule has 1 aliphatic carbocycles. The molecule has 0 saturated carbocycles. The Morgan fingerprint density at radius 1 is 1.67 bits per heavy atom. The monoisotopic (exact) mass is 245 g/mol. The second-order valence-electron chi connectivity index (χ2n) is 4.66. The number of carbonyl (C=O) groups excluding carboxylic acids is 1. The number of carbonyl (C=O) groups is 1. The van der Waals surface area contributed by atoms with Crippen molar-refractivity contribution in [2.24, 2.45) is 5.11 Å². The number of fused-ring (bicyclic) bond motifs is 1. The van der Waals surface area contributed by atoms with Gasteiger partial charge < -0.3 is 0 Å². The number of benzene rings is 1. The fourth-order valence-electron chi connectivity index (χ4n) is 2.40. The van der Waals surface area contributed by atoms with Gasteiger partial charge in [0.1, 0.15) is 11.4 Å². The first-order valence-electron chi connectivity index (χ1n) is 5.52. The van der Waals surface area contributed by atoms with Crippen LogP contribution in [0.2, 0.25) is 0 Å². The van der Waals surface area contributed by atoms with Gasteiger partial charge >= 0.3 is 0 Å². The SMILES string of the molecule is C=C(C)C[C@@]1(N=[N+]=[N-])Cc2ccc(F)cc2C1=O. The average Bonchev–Trinajstić information content (AvgIpc) is 2.53. The minimum atomic E-state index is -1.17. The minimum absolute atomic E-state index is 0.284. The van der Waals surface area contributed by atoms with Crippen LogP contribution < -0.4 is 0 Å². The predicted octanol–water partition coefficient (Wildman–Crippen LogP) is 3.58. The van der Waals surface area contributed by atoms with E-state index >= 15 is 0 Å². The van der Waals surface area contributed by atoms with Gasteiger partial charge in [-0.05, 0) is 43.0 Å². The van der Waals surface area contributed by atoms with E-state index < -0.39 is 11.4 Å². The summed E-state index contributed by atoms with van der Waals surface area (Å²) < 4.78 is 13.2. The predicted molar refractivity (Wildman–Crippen MR) is 65.7 cm³/mol. The highest BCUT2D eigenvalue weighted by atomic mass is 19.1. The highest BCUT2D eigenvalue weighted by molar-refractivity contribution is 6.08. The lowest BCUT2D eigenvalue weighted by Gasteiger charge is -2.20. The van der Waals surface area contributed by atoms with E-state index in [1.165, 1.54) is 12.1 Å². The number of azide groups is 1. The van der Waals surface area contributed by atoms with E-state index in [0.717, 1.165) is 11.1 Å². The number of hydrogen-bond acceptors (Lipinski definition) is 2. The molecule has 0 saturated heterocycles. The first-order chi connectivity index (χ1) is 8.48. The third-order valence-electron chi connectivity index (χ3n) is 3.05. The van der Waals surface area contributed by atoms with Crippen LogP contribution in [0, 0.1) is 5.82 Å². The zero-order valence-corrected chi connectivity index (χ0v) is 9.98. The Kier molecular flexibility index (Phi) is 2.93. The molecule has 0 aliphatic heterocycles. The Morgan fingerprint density at radius 2 is 2.39 bits per heavy atom. The molecule has 0 N–H and O–H groups in total. The van der Waals surface area contributed by atoms with E-state index in [4.69, 9.17) is 5.53 Å². The van der Waals surface area contributed by atoms with Crippen molar-refractivity contribution in [2.45, 2.75) is 25.3 Å². The fraction of sp³-hybridized carbons (Fsp3) is 0.308. The average molecular weight is 245 g/mol. The van der Waals surface area contributed by atoms with Crippen LogP contribution in [-0.2, 0) is 6.42 Å². The molecular formula is C13H12FN3O. The number of Topliss-reactive ketones (excluding diaryl/α,β-unsaturated/α-hetero) is 1. The normalized spacial score (nSPS) is 21.3. The van der Waals surface area contributed by atoms with Crippen LogP contribution in [0.4, 0.5) is 4.39 Å². The number of rotatable bonds is 3. The zero-order chi connectivity index (χ0) is 13.3. The van der Waals surface area contributed by atoms with E-state index in [0.29, 0.717) is 12.0 Å². The Balaban J connectivity index is 2.52. The molecule has 92 valence electrons. The van der Waals surface area contributed by atoms with Crippen molar-refractivity contribution < 1.29 is 9.18 Å². The standard InChI is InChI=1S/C13H12FN3O/c1-8(2)6-13(16-17-15)7-9-3-4-10(14)5-11(9)12(13)18/h3-5H,1,6-7H2,2H3/t13-/m1/s1. The maximum atomic E-state index is 13.2. The van der Waals surface area contributed by atoms with Gasteiger partial charge in [0.25, 0.3) is 0 Å². The molecule has 0 heterocycles. The third-order valence-corrected chi connectivity index (χ3v) is 3.05. The summed E-state index contributed by atoms with van der Waals surface area (Å²) in [5, 5.41) is 3.67. The summed E-state index contributed by atoms with van der Waals surface area (Å²) in [5.41, 5.74) is 9.27. The fourth-order valence-corrected chi connectivity index (χ4v) is 2.40. The van der Waals surface area contributed by atoms with Crippen LogP contribution in [-0.4, -0.2) is 11.3 Å². The zero-order valence-electron chi connectivity index (χ0n) is 9.98. The molecule has 1 aromatic carbocycles. The summed E-state index contributed by atoms with van der Waals surface area (Å²) in [4.78, 5) is 15.1. The summed E-state index contributed by atoms with van der Waals surface area (Å²) in [5.74, 6) is -0.785. The quantitative estimate of drug-likeness (QED) is 0.347. The van der Waals surface area contributed by atoms with Crippen LogP contribution in [0.5, 0.6) is 0 Å². The van der Waals surface area contributed by atoms with Gasteiger partial charge in [-0.25, -0.2) is 4.39 Å². The molecular weight excluding hydrogens is 233 g/mol. The van der Waals surface area contributed by atoms with E-state index in [1.54, 1.807) is 13.0 Å². The topological polar surface area (TPSA) is 65.8 Å². The largest absolute Gasteiger partial charge is 0.293 e. The van der Waals surface area contributed by atoms with Crippen molar-refractivity contribution in [3.8, 4) is 0 Å². The molecule has 1 atom stereocenters. The highest BCUT2D eigenvalue weighted by Gasteiger charge is 2.44. The van der Waals surface area contributed by atoms with Gasteiger partial charge in [-0.1, -0.05) is 16.8 Å². The van der Waals surface area contributed by atoms with Crippen molar-refractivity contribution in [3.05, 3.63) is 57.7 Å². The summed E-state index contributed by atoms with van der Waals surface area (Å²) in [6, 6.07) is 4.07. The Hall–Kier alpha value is -2.13. The smallest absolute Gasteiger partial charge is 0.175 e. The summed E-state index contributed by atoms with van der Waals surface area (Å²) in [7, 11) is 0. The van der Waals surface area contributed by atoms with E-state index in [-0.39, 0.29) is 12.2 Å². The van der Waals surface area contributed by atoms with Crippen molar-refractivity contribution in [1.82, 2.24) is 0 Å². The van der Waals surface area contributed by atoms with Gasteiger partial charge in [0.05, 0.1) is 0 Å². The molecule has 0 spiro atoms. The van der Waals surface area contributed by atoms with E-state index in [2.05, 4.69) is 16.6 Å². The van der Waals surface area contributed by atoms with E-state index in [9.17, 15) is 9.18 Å². The molecule has 4 nitrogen and oxygen atoms in total. The third kappa shape index (κ3) is 1.89. The first-order valence-corrected chi connectivity index (χ1v) is 5.52. The molecule has 1 aromatic rings. The number of halogens is 1. The first kappa shape index (κ1) is 12.3. The molecule has 0 unspecified atom stereocenters. The van der Waals surface area contributed by atoms with Crippen molar-refractivity contribution in [3.63, 3.8) is 0 Å². The van der Waals surface area contributed by atoms with Crippen LogP contribution in [0.1, 0.15) is 29.3 Å². The van der Waals surface area contributed by atoms with Gasteiger partial charge in [0, 0.05) is 10.5 Å². The minimum Gasteiger partial charge on any atom is -0.293 e. The molecule has 1 aliphatic rings. The summed E-state index contributed by atoms with van der Waals surface area (Å²) in [6.45, 7) is 5.52. The molecule has 0 radical (unpaired) electrons. The van der Waals surface area contributed by atoms with Gasteiger partial charge in [-0.3, -0.25) is 4.79 Å². The van der Waals surface area contributed by atoms with Gasteiger partial charge in [-0.2, -0.15) is 0 Å². The van der Waals surface area contributed by atoms with Gasteiger partial charge in [0.15, 0.2) is 5.78 Å². The number of hydrogen-bond donors (Lipinski definition) is 0. The molecule has 0 amide bonds. The maximum Gasteiger partial charge on any atom is 0.175 e. The molecule has 18 heavy (non-hydrogen) atoms. The van der Waals surface area contributed by atoms with Crippen LogP contribution in [0.15, 0.2) is 35.5 Å². The summed E-state index contributed by atoms with van der Waals surface area (Å²) in [6.07, 6.45) is 0.588. The highest BCUT2D eigenvalue weighted by Crippen LogP contribution is 2.37. The van der Waals surface area contributed by atoms with E-state index in [1.807, 2.05) is 0 Å². The molecule has 0 fully saturated rings.